The van der Waals surface area contributed by atoms with Crippen molar-refractivity contribution < 1.29 is 28.6 Å². The van der Waals surface area contributed by atoms with Crippen LogP contribution in [0, 0.1) is 0 Å². The van der Waals surface area contributed by atoms with Crippen LogP contribution in [0.2, 0.25) is 0 Å². The molecule has 8 heteroatoms. The minimum absolute atomic E-state index is 0.0600. The number of nitrogens with zero attached hydrogens (tertiary/aromatic N) is 2. The normalized spacial score (nSPS) is 12.7. The fourth-order valence-corrected chi connectivity index (χ4v) is 3.32. The molecule has 1 saturated carbocycles. The smallest absolute Gasteiger partial charge is 0.307 e. The van der Waals surface area contributed by atoms with Gasteiger partial charge in [0.25, 0.3) is 5.91 Å². The summed E-state index contributed by atoms with van der Waals surface area (Å²) in [5, 5.41) is 0. The third-order valence-electron chi connectivity index (χ3n) is 5.03. The van der Waals surface area contributed by atoms with Gasteiger partial charge < -0.3 is 24.0 Å². The molecule has 0 spiro atoms. The van der Waals surface area contributed by atoms with Crippen LogP contribution in [0.1, 0.15) is 46.0 Å². The third-order valence-corrected chi connectivity index (χ3v) is 5.03. The average Bonchev–Trinajstić information content (AvgIpc) is 3.60. The van der Waals surface area contributed by atoms with Gasteiger partial charge in [-0.05, 0) is 38.3 Å². The van der Waals surface area contributed by atoms with E-state index in [1.54, 1.807) is 36.0 Å². The van der Waals surface area contributed by atoms with Gasteiger partial charge in [0.05, 0.1) is 20.1 Å². The van der Waals surface area contributed by atoms with E-state index in [0.717, 1.165) is 19.3 Å². The summed E-state index contributed by atoms with van der Waals surface area (Å²) in [6.07, 6.45) is 3.08. The predicted molar refractivity (Wildman–Crippen MR) is 116 cm³/mol. The Morgan fingerprint density at radius 1 is 0.968 bits per heavy atom. The highest BCUT2D eigenvalue weighted by molar-refractivity contribution is 5.81. The molecule has 8 nitrogen and oxygen atoms in total. The maximum atomic E-state index is 12.8. The van der Waals surface area contributed by atoms with Crippen LogP contribution in [0.4, 0.5) is 0 Å². The lowest BCUT2D eigenvalue weighted by Crippen LogP contribution is -2.41. The van der Waals surface area contributed by atoms with E-state index in [4.69, 9.17) is 14.2 Å². The Hall–Kier alpha value is -2.77. The zero-order valence-corrected chi connectivity index (χ0v) is 18.8. The van der Waals surface area contributed by atoms with Crippen LogP contribution in [0.3, 0.4) is 0 Å². The van der Waals surface area contributed by atoms with Gasteiger partial charge in [0, 0.05) is 32.1 Å². The lowest BCUT2D eigenvalue weighted by molar-refractivity contribution is -0.144. The molecule has 0 saturated heterocycles. The Morgan fingerprint density at radius 3 is 2.29 bits per heavy atom. The van der Waals surface area contributed by atoms with E-state index in [9.17, 15) is 14.4 Å². The summed E-state index contributed by atoms with van der Waals surface area (Å²) in [6.45, 7) is 5.22. The predicted octanol–water partition coefficient (Wildman–Crippen LogP) is 2.65. The van der Waals surface area contributed by atoms with Gasteiger partial charge >= 0.3 is 5.97 Å². The molecule has 1 aromatic carbocycles. The number of hydrogen-bond donors (Lipinski definition) is 0. The number of carbonyl (C=O) groups is 3. The first kappa shape index (κ1) is 24.5. The van der Waals surface area contributed by atoms with Crippen LogP contribution < -0.4 is 9.47 Å². The Bertz CT molecular complexity index is 735. The van der Waals surface area contributed by atoms with Crippen LogP contribution in [-0.4, -0.2) is 73.6 Å². The van der Waals surface area contributed by atoms with Crippen LogP contribution >= 0.6 is 0 Å². The van der Waals surface area contributed by atoms with Crippen molar-refractivity contribution in [1.82, 2.24) is 9.80 Å². The van der Waals surface area contributed by atoms with Crippen LogP contribution in [0.15, 0.2) is 24.3 Å². The first-order chi connectivity index (χ1) is 15.0. The van der Waals surface area contributed by atoms with Crippen molar-refractivity contribution in [1.29, 1.82) is 0 Å². The fraction of sp³-hybridized carbons (Fsp3) is 0.609. The molecule has 1 fully saturated rings. The van der Waals surface area contributed by atoms with E-state index in [1.165, 1.54) is 0 Å². The molecule has 31 heavy (non-hydrogen) atoms. The van der Waals surface area contributed by atoms with Crippen LogP contribution in [-0.2, 0) is 19.1 Å². The molecule has 0 N–H and O–H groups in total. The summed E-state index contributed by atoms with van der Waals surface area (Å²) in [6, 6.07) is 7.34. The monoisotopic (exact) mass is 434 g/mol. The minimum Gasteiger partial charge on any atom is -0.493 e. The number of amides is 2. The molecule has 0 unspecified atom stereocenters. The number of methoxy groups -OCH3 is 1. The Kier molecular flexibility index (Phi) is 10.1. The van der Waals surface area contributed by atoms with Crippen molar-refractivity contribution in [3.05, 3.63) is 24.3 Å². The minimum atomic E-state index is -0.306. The number of carbonyl (C=O) groups excluding carboxylic acids is 3. The van der Waals surface area contributed by atoms with Gasteiger partial charge in [-0.3, -0.25) is 14.4 Å². The molecule has 0 radical (unpaired) electrons. The molecule has 0 aromatic heterocycles. The standard InChI is InChI=1S/C23H34N2O6/c1-4-14-24(15-13-23(28)30-5-2)21(26)12-16-25(18-10-11-18)22(27)17-31-20-9-7-6-8-19(20)29-3/h6-9,18H,4-5,10-17H2,1-3H3. The number of esters is 1. The topological polar surface area (TPSA) is 85.4 Å². The van der Waals surface area contributed by atoms with E-state index in [1.807, 2.05) is 19.1 Å². The summed E-state index contributed by atoms with van der Waals surface area (Å²) >= 11 is 0. The molecule has 0 heterocycles. The Morgan fingerprint density at radius 2 is 1.68 bits per heavy atom. The van der Waals surface area contributed by atoms with Gasteiger partial charge in [-0.15, -0.1) is 0 Å². The molecule has 2 rings (SSSR count). The van der Waals surface area contributed by atoms with Crippen molar-refractivity contribution in [3.8, 4) is 11.5 Å². The van der Waals surface area contributed by atoms with Gasteiger partial charge in [0.1, 0.15) is 0 Å². The number of benzene rings is 1. The van der Waals surface area contributed by atoms with Crippen molar-refractivity contribution in [2.45, 2.75) is 52.0 Å². The number of rotatable bonds is 14. The molecule has 0 atom stereocenters. The quantitative estimate of drug-likeness (QED) is 0.419. The number of hydrogen-bond acceptors (Lipinski definition) is 6. The number of ether oxygens (including phenoxy) is 3. The third kappa shape index (κ3) is 8.11. The highest BCUT2D eigenvalue weighted by Crippen LogP contribution is 2.29. The van der Waals surface area contributed by atoms with E-state index in [2.05, 4.69) is 0 Å². The SMILES string of the molecule is CCCN(CCC(=O)OCC)C(=O)CCN(C(=O)COc1ccccc1OC)C1CC1. The van der Waals surface area contributed by atoms with Gasteiger partial charge in [-0.2, -0.15) is 0 Å². The summed E-state index contributed by atoms with van der Waals surface area (Å²) in [4.78, 5) is 40.5. The summed E-state index contributed by atoms with van der Waals surface area (Å²) in [5.74, 6) is 0.572. The maximum absolute atomic E-state index is 12.8. The van der Waals surface area contributed by atoms with Gasteiger partial charge in [-0.1, -0.05) is 19.1 Å². The Labute approximate surface area is 184 Å². The molecular formula is C23H34N2O6. The summed E-state index contributed by atoms with van der Waals surface area (Å²) < 4.78 is 15.9. The van der Waals surface area contributed by atoms with Gasteiger partial charge in [0.15, 0.2) is 18.1 Å². The molecule has 2 amide bonds. The lowest BCUT2D eigenvalue weighted by Gasteiger charge is -2.26. The zero-order chi connectivity index (χ0) is 22.6. The van der Waals surface area contributed by atoms with E-state index >= 15 is 0 Å². The second kappa shape index (κ2) is 12.8. The second-order valence-electron chi connectivity index (χ2n) is 7.44. The molecule has 0 aliphatic heterocycles. The second-order valence-corrected chi connectivity index (χ2v) is 7.44. The average molecular weight is 435 g/mol. The van der Waals surface area contributed by atoms with Crippen LogP contribution in [0.5, 0.6) is 11.5 Å². The largest absolute Gasteiger partial charge is 0.493 e. The van der Waals surface area contributed by atoms with Crippen molar-refractivity contribution in [3.63, 3.8) is 0 Å². The van der Waals surface area contributed by atoms with Crippen molar-refractivity contribution >= 4 is 17.8 Å². The first-order valence-electron chi connectivity index (χ1n) is 11.0. The van der Waals surface area contributed by atoms with Crippen molar-refractivity contribution in [2.24, 2.45) is 0 Å². The fourth-order valence-electron chi connectivity index (χ4n) is 3.32. The van der Waals surface area contributed by atoms with Crippen molar-refractivity contribution in [2.75, 3.05) is 40.0 Å². The molecule has 1 aliphatic rings. The zero-order valence-electron chi connectivity index (χ0n) is 18.8. The molecule has 1 aliphatic carbocycles. The van der Waals surface area contributed by atoms with Gasteiger partial charge in [0.2, 0.25) is 5.91 Å². The van der Waals surface area contributed by atoms with E-state index in [0.29, 0.717) is 37.7 Å². The Balaban J connectivity index is 1.87. The molecule has 0 bridgehead atoms. The summed E-state index contributed by atoms with van der Waals surface area (Å²) in [5.41, 5.74) is 0. The van der Waals surface area contributed by atoms with Crippen LogP contribution in [0.25, 0.3) is 0 Å². The highest BCUT2D eigenvalue weighted by atomic mass is 16.5. The summed E-state index contributed by atoms with van der Waals surface area (Å²) in [7, 11) is 1.55. The van der Waals surface area contributed by atoms with Gasteiger partial charge in [-0.25, -0.2) is 0 Å². The molecular weight excluding hydrogens is 400 g/mol. The molecule has 1 aromatic rings. The van der Waals surface area contributed by atoms with E-state index in [-0.39, 0.29) is 43.3 Å². The lowest BCUT2D eigenvalue weighted by atomic mass is 10.2. The highest BCUT2D eigenvalue weighted by Gasteiger charge is 2.33. The first-order valence-corrected chi connectivity index (χ1v) is 11.0. The maximum Gasteiger partial charge on any atom is 0.307 e. The number of para-hydroxylation sites is 2. The van der Waals surface area contributed by atoms with E-state index < -0.39 is 0 Å². The molecule has 172 valence electrons.